The molecule has 1 heterocycles. The van der Waals surface area contributed by atoms with Gasteiger partial charge in [-0.3, -0.25) is 5.43 Å². The van der Waals surface area contributed by atoms with Gasteiger partial charge in [-0.25, -0.2) is 15.6 Å². The van der Waals surface area contributed by atoms with Crippen molar-refractivity contribution in [2.24, 2.45) is 10.8 Å². The first kappa shape index (κ1) is 17.1. The highest BCUT2D eigenvalue weighted by Gasteiger charge is 2.44. The van der Waals surface area contributed by atoms with Crippen LogP contribution in [0.4, 0.5) is 4.79 Å². The van der Waals surface area contributed by atoms with E-state index in [1.807, 2.05) is 5.43 Å². The summed E-state index contributed by atoms with van der Waals surface area (Å²) >= 11 is 0. The van der Waals surface area contributed by atoms with E-state index in [-0.39, 0.29) is 11.5 Å². The van der Waals surface area contributed by atoms with E-state index in [4.69, 9.17) is 20.4 Å². The maximum atomic E-state index is 10.9. The van der Waals surface area contributed by atoms with E-state index in [0.29, 0.717) is 5.56 Å². The van der Waals surface area contributed by atoms with Crippen molar-refractivity contribution in [1.29, 1.82) is 0 Å². The predicted octanol–water partition coefficient (Wildman–Crippen LogP) is -1.79. The summed E-state index contributed by atoms with van der Waals surface area (Å²) in [5.74, 6) is 4.56. The molecule has 0 bridgehead atoms. The van der Waals surface area contributed by atoms with Crippen LogP contribution in [0.5, 0.6) is 11.5 Å². The van der Waals surface area contributed by atoms with Crippen LogP contribution < -0.4 is 16.0 Å². The lowest BCUT2D eigenvalue weighted by atomic mass is 10.1. The Bertz CT molecular complexity index is 595. The van der Waals surface area contributed by atoms with Crippen molar-refractivity contribution in [2.45, 2.75) is 24.6 Å². The fourth-order valence-electron chi connectivity index (χ4n) is 1.97. The van der Waals surface area contributed by atoms with Crippen molar-refractivity contribution in [2.75, 3.05) is 6.61 Å². The van der Waals surface area contributed by atoms with Crippen molar-refractivity contribution in [3.8, 4) is 11.5 Å². The lowest BCUT2D eigenvalue weighted by molar-refractivity contribution is -0.117. The number of aliphatic hydroxyl groups excluding tert-OH is 3. The number of phenolic OH excluding ortho intramolecular Hbond substituents is 1. The van der Waals surface area contributed by atoms with Gasteiger partial charge in [-0.05, 0) is 23.8 Å². The Morgan fingerprint density at radius 2 is 2.17 bits per heavy atom. The van der Waals surface area contributed by atoms with Gasteiger partial charge in [-0.1, -0.05) is 0 Å². The highest BCUT2D eigenvalue weighted by atomic mass is 16.7. The van der Waals surface area contributed by atoms with Crippen LogP contribution in [0.3, 0.4) is 0 Å². The van der Waals surface area contributed by atoms with Gasteiger partial charge < -0.3 is 29.9 Å². The molecule has 4 unspecified atom stereocenters. The summed E-state index contributed by atoms with van der Waals surface area (Å²) in [5.41, 5.74) is 2.22. The fraction of sp³-hybridized carbons (Fsp3) is 0.385. The first-order valence-corrected chi connectivity index (χ1v) is 6.63. The molecule has 2 amide bonds. The van der Waals surface area contributed by atoms with Crippen molar-refractivity contribution < 1.29 is 34.7 Å². The average molecular weight is 327 g/mol. The van der Waals surface area contributed by atoms with E-state index in [1.54, 1.807) is 0 Å². The quantitative estimate of drug-likeness (QED) is 0.163. The third-order valence-corrected chi connectivity index (χ3v) is 3.18. The molecule has 1 aliphatic heterocycles. The summed E-state index contributed by atoms with van der Waals surface area (Å²) < 4.78 is 10.4. The molecule has 0 aromatic heterocycles. The molecule has 1 aromatic rings. The van der Waals surface area contributed by atoms with Gasteiger partial charge in [-0.15, -0.1) is 0 Å². The van der Waals surface area contributed by atoms with Gasteiger partial charge >= 0.3 is 6.03 Å². The largest absolute Gasteiger partial charge is 0.504 e. The highest BCUT2D eigenvalue weighted by Crippen LogP contribution is 2.31. The number of ether oxygens (including phenoxy) is 2. The van der Waals surface area contributed by atoms with Crippen LogP contribution in [0, 0.1) is 0 Å². The van der Waals surface area contributed by atoms with E-state index < -0.39 is 37.2 Å². The molecule has 1 saturated heterocycles. The maximum Gasteiger partial charge on any atom is 0.355 e. The van der Waals surface area contributed by atoms with Crippen molar-refractivity contribution in [1.82, 2.24) is 5.43 Å². The molecule has 1 aromatic carbocycles. The summed E-state index contributed by atoms with van der Waals surface area (Å²) in [4.78, 5) is 14.3. The molecule has 1 aliphatic rings. The van der Waals surface area contributed by atoms with Crippen LogP contribution in [-0.4, -0.2) is 63.9 Å². The second-order valence-electron chi connectivity index (χ2n) is 4.76. The number of hydrogen-bond donors (Lipinski definition) is 6. The normalized spacial score (nSPS) is 27.3. The van der Waals surface area contributed by atoms with Gasteiger partial charge in [0, 0.05) is 6.21 Å². The van der Waals surface area contributed by atoms with Gasteiger partial charge in [-0.2, -0.15) is 0 Å². The third-order valence-electron chi connectivity index (χ3n) is 3.18. The number of hydrazine groups is 1. The number of nitrogens with one attached hydrogen (secondary N) is 1. The number of carbonyl (C=O) groups is 1. The van der Waals surface area contributed by atoms with Gasteiger partial charge in [0.25, 0.3) is 0 Å². The molecule has 2 rings (SSSR count). The Morgan fingerprint density at radius 3 is 2.74 bits per heavy atom. The molecular weight excluding hydrogens is 310 g/mol. The maximum absolute atomic E-state index is 10.9. The summed E-state index contributed by atoms with van der Waals surface area (Å²) in [5, 5.41) is 38.3. The fourth-order valence-corrected chi connectivity index (χ4v) is 1.97. The smallest absolute Gasteiger partial charge is 0.355 e. The zero-order valence-corrected chi connectivity index (χ0v) is 11.9. The molecule has 0 spiro atoms. The number of hydrogen-bond acceptors (Lipinski definition) is 8. The predicted molar refractivity (Wildman–Crippen MR) is 76.8 cm³/mol. The van der Waals surface area contributed by atoms with Gasteiger partial charge in [0.15, 0.2) is 11.5 Å². The lowest BCUT2D eigenvalue weighted by Crippen LogP contribution is -2.35. The molecule has 126 valence electrons. The molecule has 10 heteroatoms. The number of nitrogens with zero attached hydrogens (tertiary/aromatic N) is 1. The van der Waals surface area contributed by atoms with E-state index in [1.165, 1.54) is 24.4 Å². The number of nitrogens with two attached hydrogens (primary N) is 1. The number of rotatable bonds is 4. The molecule has 10 nitrogen and oxygen atoms in total. The number of amides is 2. The van der Waals surface area contributed by atoms with E-state index >= 15 is 0 Å². The monoisotopic (exact) mass is 327 g/mol. The minimum atomic E-state index is -1.37. The molecule has 1 fully saturated rings. The lowest BCUT2D eigenvalue weighted by Gasteiger charge is -2.17. The summed E-state index contributed by atoms with van der Waals surface area (Å²) in [6.45, 7) is -0.483. The number of aromatic hydroxyl groups is 1. The van der Waals surface area contributed by atoms with Crippen LogP contribution in [0.2, 0.25) is 0 Å². The van der Waals surface area contributed by atoms with Crippen LogP contribution >= 0.6 is 0 Å². The zero-order chi connectivity index (χ0) is 17.0. The first-order valence-electron chi connectivity index (χ1n) is 6.63. The molecule has 4 atom stereocenters. The van der Waals surface area contributed by atoms with Gasteiger partial charge in [0.05, 0.1) is 6.61 Å². The topological polar surface area (TPSA) is 167 Å². The number of benzene rings is 1. The summed E-state index contributed by atoms with van der Waals surface area (Å²) in [6.07, 6.45) is -3.71. The summed E-state index contributed by atoms with van der Waals surface area (Å²) in [6, 6.07) is 3.37. The second-order valence-corrected chi connectivity index (χ2v) is 4.76. The van der Waals surface area contributed by atoms with Crippen LogP contribution in [0.1, 0.15) is 5.56 Å². The number of phenols is 1. The first-order chi connectivity index (χ1) is 11.0. The van der Waals surface area contributed by atoms with E-state index in [9.17, 15) is 20.1 Å². The standard InChI is InChI=1S/C13H17N3O7/c14-16-13(21)15-4-6-1-2-8(7(18)3-6)22-12-11(20)10(19)9(5-17)23-12/h1-4,9-12,17-20H,5,14H2,(H,16,21). The van der Waals surface area contributed by atoms with Gasteiger partial charge in [0.2, 0.25) is 6.29 Å². The minimum Gasteiger partial charge on any atom is -0.504 e. The van der Waals surface area contributed by atoms with Crippen molar-refractivity contribution >= 4 is 12.2 Å². The Labute approximate surface area is 130 Å². The van der Waals surface area contributed by atoms with E-state index in [0.717, 1.165) is 0 Å². The number of urea groups is 1. The molecular formula is C13H17N3O7. The molecule has 0 radical (unpaired) electrons. The zero-order valence-electron chi connectivity index (χ0n) is 11.9. The highest BCUT2D eigenvalue weighted by molar-refractivity contribution is 5.91. The molecule has 23 heavy (non-hydrogen) atoms. The Balaban J connectivity index is 2.07. The van der Waals surface area contributed by atoms with Crippen LogP contribution in [-0.2, 0) is 4.74 Å². The Hall–Kier alpha value is -2.24. The number of carbonyl (C=O) groups excluding carboxylic acids is 1. The Kier molecular flexibility index (Phi) is 5.47. The average Bonchev–Trinajstić information content (AvgIpc) is 2.82. The summed E-state index contributed by atoms with van der Waals surface area (Å²) in [7, 11) is 0. The number of aliphatic hydroxyl groups is 3. The van der Waals surface area contributed by atoms with Crippen LogP contribution in [0.25, 0.3) is 0 Å². The van der Waals surface area contributed by atoms with Crippen molar-refractivity contribution in [3.05, 3.63) is 23.8 Å². The second kappa shape index (κ2) is 7.35. The van der Waals surface area contributed by atoms with Crippen molar-refractivity contribution in [3.63, 3.8) is 0 Å². The number of aliphatic imine (C=N–C) groups is 1. The Morgan fingerprint density at radius 1 is 1.43 bits per heavy atom. The van der Waals surface area contributed by atoms with E-state index in [2.05, 4.69) is 4.99 Å². The molecule has 0 saturated carbocycles. The van der Waals surface area contributed by atoms with Crippen LogP contribution in [0.15, 0.2) is 23.2 Å². The SMILES string of the molecule is NNC(=O)N=Cc1ccc(OC2OC(CO)C(O)C2O)c(O)c1. The minimum absolute atomic E-state index is 0.0136. The third kappa shape index (κ3) is 3.94. The molecule has 7 N–H and O–H groups in total. The van der Waals surface area contributed by atoms with Gasteiger partial charge in [0.1, 0.15) is 18.3 Å². The molecule has 0 aliphatic carbocycles.